The fraction of sp³-hybridized carbons (Fsp3) is 0.760. The molecule has 0 saturated heterocycles. The predicted molar refractivity (Wildman–Crippen MR) is 127 cm³/mol. The first-order valence-corrected chi connectivity index (χ1v) is 12.5. The lowest BCUT2D eigenvalue weighted by Crippen LogP contribution is -2.31. The summed E-state index contributed by atoms with van der Waals surface area (Å²) in [5.41, 5.74) is 2.23. The van der Waals surface area contributed by atoms with Crippen molar-refractivity contribution in [2.45, 2.75) is 104 Å². The zero-order valence-corrected chi connectivity index (χ0v) is 20.3. The number of nitrogens with zero attached hydrogens (tertiary/aromatic N) is 1. The van der Waals surface area contributed by atoms with Crippen LogP contribution in [0.5, 0.6) is 0 Å². The van der Waals surface area contributed by atoms with E-state index in [1.807, 2.05) is 0 Å². The SMILES string of the molecule is CCCCCCCCN(CCCCCCCC)C[C@@H](O)c1ccc(Br)c(C)c1. The van der Waals surface area contributed by atoms with E-state index in [1.165, 1.54) is 82.6 Å². The number of aliphatic hydroxyl groups excluding tert-OH is 1. The van der Waals surface area contributed by atoms with Crippen LogP contribution in [0.2, 0.25) is 0 Å². The van der Waals surface area contributed by atoms with E-state index in [1.54, 1.807) is 0 Å². The molecule has 1 aromatic carbocycles. The summed E-state index contributed by atoms with van der Waals surface area (Å²) < 4.78 is 1.11. The summed E-state index contributed by atoms with van der Waals surface area (Å²) in [5, 5.41) is 10.8. The fourth-order valence-corrected chi connectivity index (χ4v) is 4.00. The number of hydrogen-bond donors (Lipinski definition) is 1. The van der Waals surface area contributed by atoms with E-state index in [-0.39, 0.29) is 0 Å². The summed E-state index contributed by atoms with van der Waals surface area (Å²) >= 11 is 3.56. The molecule has 28 heavy (non-hydrogen) atoms. The van der Waals surface area contributed by atoms with Crippen LogP contribution in [-0.4, -0.2) is 29.6 Å². The molecule has 1 aromatic rings. The first-order chi connectivity index (χ1) is 13.6. The lowest BCUT2D eigenvalue weighted by molar-refractivity contribution is 0.110. The highest BCUT2D eigenvalue weighted by molar-refractivity contribution is 9.10. The van der Waals surface area contributed by atoms with Crippen molar-refractivity contribution in [1.29, 1.82) is 0 Å². The minimum absolute atomic E-state index is 0.396. The Morgan fingerprint density at radius 1 is 0.821 bits per heavy atom. The molecule has 0 saturated carbocycles. The molecule has 0 aliphatic heterocycles. The van der Waals surface area contributed by atoms with E-state index in [2.05, 4.69) is 59.8 Å². The van der Waals surface area contributed by atoms with Crippen LogP contribution in [0.25, 0.3) is 0 Å². The predicted octanol–water partition coefficient (Wildman–Crippen LogP) is 7.81. The Labute approximate surface area is 183 Å². The van der Waals surface area contributed by atoms with Gasteiger partial charge in [0.25, 0.3) is 0 Å². The number of unbranched alkanes of at least 4 members (excludes halogenated alkanes) is 10. The van der Waals surface area contributed by atoms with E-state index in [9.17, 15) is 5.11 Å². The molecular weight excluding hydrogens is 410 g/mol. The second-order valence-corrected chi connectivity index (χ2v) is 9.21. The molecule has 0 spiro atoms. The van der Waals surface area contributed by atoms with Crippen LogP contribution in [0.4, 0.5) is 0 Å². The van der Waals surface area contributed by atoms with Gasteiger partial charge in [0, 0.05) is 11.0 Å². The van der Waals surface area contributed by atoms with Crippen molar-refractivity contribution in [3.8, 4) is 0 Å². The standard InChI is InChI=1S/C25H44BrNO/c1-4-6-8-10-12-14-18-27(19-15-13-11-9-7-5-2)21-25(28)23-16-17-24(26)22(3)20-23/h16-17,20,25,28H,4-15,18-19,21H2,1-3H3/t25-/m1/s1. The second-order valence-electron chi connectivity index (χ2n) is 8.36. The van der Waals surface area contributed by atoms with Crippen molar-refractivity contribution in [1.82, 2.24) is 4.90 Å². The zero-order valence-electron chi connectivity index (χ0n) is 18.7. The normalized spacial score (nSPS) is 12.6. The highest BCUT2D eigenvalue weighted by Gasteiger charge is 2.14. The van der Waals surface area contributed by atoms with Crippen LogP contribution in [0.3, 0.4) is 0 Å². The Morgan fingerprint density at radius 2 is 1.32 bits per heavy atom. The molecule has 1 N–H and O–H groups in total. The smallest absolute Gasteiger partial charge is 0.0917 e. The molecule has 1 atom stereocenters. The van der Waals surface area contributed by atoms with Crippen LogP contribution < -0.4 is 0 Å². The lowest BCUT2D eigenvalue weighted by atomic mass is 10.1. The van der Waals surface area contributed by atoms with Crippen molar-refractivity contribution in [3.63, 3.8) is 0 Å². The van der Waals surface area contributed by atoms with Gasteiger partial charge in [-0.1, -0.05) is 106 Å². The second kappa shape index (κ2) is 16.4. The summed E-state index contributed by atoms with van der Waals surface area (Å²) in [6.07, 6.45) is 15.5. The summed E-state index contributed by atoms with van der Waals surface area (Å²) in [7, 11) is 0. The Kier molecular flexibility index (Phi) is 15.0. The number of hydrogen-bond acceptors (Lipinski definition) is 2. The van der Waals surface area contributed by atoms with Crippen LogP contribution in [0.15, 0.2) is 22.7 Å². The third-order valence-corrected chi connectivity index (χ3v) is 6.54. The minimum atomic E-state index is -0.396. The topological polar surface area (TPSA) is 23.5 Å². The highest BCUT2D eigenvalue weighted by atomic mass is 79.9. The van der Waals surface area contributed by atoms with Gasteiger partial charge >= 0.3 is 0 Å². The quantitative estimate of drug-likeness (QED) is 0.243. The molecule has 0 fully saturated rings. The van der Waals surface area contributed by atoms with Gasteiger partial charge in [-0.05, 0) is 50.0 Å². The molecule has 0 aliphatic rings. The van der Waals surface area contributed by atoms with Crippen molar-refractivity contribution in [2.24, 2.45) is 0 Å². The average molecular weight is 455 g/mol. The van der Waals surface area contributed by atoms with Crippen LogP contribution in [0, 0.1) is 6.92 Å². The van der Waals surface area contributed by atoms with Gasteiger partial charge in [-0.25, -0.2) is 0 Å². The van der Waals surface area contributed by atoms with Crippen molar-refractivity contribution in [2.75, 3.05) is 19.6 Å². The van der Waals surface area contributed by atoms with E-state index < -0.39 is 6.10 Å². The molecular formula is C25H44BrNO. The molecule has 0 aromatic heterocycles. The van der Waals surface area contributed by atoms with Gasteiger partial charge in [-0.3, -0.25) is 0 Å². The Morgan fingerprint density at radius 3 is 1.82 bits per heavy atom. The highest BCUT2D eigenvalue weighted by Crippen LogP contribution is 2.22. The van der Waals surface area contributed by atoms with E-state index in [0.29, 0.717) is 0 Å². The van der Waals surface area contributed by atoms with Crippen LogP contribution >= 0.6 is 15.9 Å². The van der Waals surface area contributed by atoms with Gasteiger partial charge in [0.2, 0.25) is 0 Å². The first-order valence-electron chi connectivity index (χ1n) is 11.7. The number of halogens is 1. The van der Waals surface area contributed by atoms with Gasteiger partial charge in [-0.2, -0.15) is 0 Å². The maximum atomic E-state index is 10.8. The van der Waals surface area contributed by atoms with Gasteiger partial charge in [0.15, 0.2) is 0 Å². The number of benzene rings is 1. The average Bonchev–Trinajstić information content (AvgIpc) is 2.68. The van der Waals surface area contributed by atoms with Crippen molar-refractivity contribution < 1.29 is 5.11 Å². The number of rotatable bonds is 17. The molecule has 0 bridgehead atoms. The molecule has 3 heteroatoms. The van der Waals surface area contributed by atoms with Gasteiger partial charge in [0.05, 0.1) is 6.10 Å². The number of aryl methyl sites for hydroxylation is 1. The third kappa shape index (κ3) is 11.6. The van der Waals surface area contributed by atoms with Crippen LogP contribution in [0.1, 0.15) is 108 Å². The van der Waals surface area contributed by atoms with Crippen molar-refractivity contribution >= 4 is 15.9 Å². The summed E-state index contributed by atoms with van der Waals surface area (Å²) in [5.74, 6) is 0. The third-order valence-electron chi connectivity index (χ3n) is 5.65. The number of aliphatic hydroxyl groups is 1. The molecule has 0 unspecified atom stereocenters. The van der Waals surface area contributed by atoms with Crippen molar-refractivity contribution in [3.05, 3.63) is 33.8 Å². The Hall–Kier alpha value is -0.380. The largest absolute Gasteiger partial charge is 0.387 e. The zero-order chi connectivity index (χ0) is 20.6. The van der Waals surface area contributed by atoms with Gasteiger partial charge in [0.1, 0.15) is 0 Å². The fourth-order valence-electron chi connectivity index (χ4n) is 3.75. The van der Waals surface area contributed by atoms with Gasteiger partial charge in [-0.15, -0.1) is 0 Å². The molecule has 162 valence electrons. The summed E-state index contributed by atoms with van der Waals surface area (Å²) in [6.45, 7) is 9.62. The molecule has 0 radical (unpaired) electrons. The maximum Gasteiger partial charge on any atom is 0.0917 e. The molecule has 1 rings (SSSR count). The summed E-state index contributed by atoms with van der Waals surface area (Å²) in [6, 6.07) is 6.22. The van der Waals surface area contributed by atoms with E-state index >= 15 is 0 Å². The van der Waals surface area contributed by atoms with Gasteiger partial charge < -0.3 is 10.0 Å². The minimum Gasteiger partial charge on any atom is -0.387 e. The monoisotopic (exact) mass is 453 g/mol. The lowest BCUT2D eigenvalue weighted by Gasteiger charge is -2.25. The maximum absolute atomic E-state index is 10.8. The Bertz CT molecular complexity index is 489. The summed E-state index contributed by atoms with van der Waals surface area (Å²) in [4.78, 5) is 2.50. The van der Waals surface area contributed by atoms with E-state index in [0.717, 1.165) is 29.7 Å². The molecule has 0 amide bonds. The molecule has 0 aliphatic carbocycles. The first kappa shape index (κ1) is 25.7. The molecule has 0 heterocycles. The Balaban J connectivity index is 2.46. The molecule has 2 nitrogen and oxygen atoms in total. The van der Waals surface area contributed by atoms with Crippen LogP contribution in [-0.2, 0) is 0 Å². The van der Waals surface area contributed by atoms with E-state index in [4.69, 9.17) is 0 Å².